The molecule has 32 heavy (non-hydrogen) atoms. The fourth-order valence-electron chi connectivity index (χ4n) is 2.50. The number of esters is 2. The lowest BCUT2D eigenvalue weighted by Crippen LogP contribution is -2.46. The molecule has 0 rings (SSSR count). The Hall–Kier alpha value is -1.35. The van der Waals surface area contributed by atoms with Crippen molar-refractivity contribution in [3.63, 3.8) is 0 Å². The van der Waals surface area contributed by atoms with Crippen molar-refractivity contribution in [2.24, 2.45) is 0 Å². The van der Waals surface area contributed by atoms with Crippen LogP contribution in [0.5, 0.6) is 0 Å². The Morgan fingerprint density at radius 2 is 1.28 bits per heavy atom. The largest absolute Gasteiger partial charge is 0.501 e. The lowest BCUT2D eigenvalue weighted by atomic mass is 10.5. The molecule has 0 aliphatic heterocycles. The summed E-state index contributed by atoms with van der Waals surface area (Å²) >= 11 is 0. The number of carbonyl (C=O) groups excluding carboxylic acids is 2. The van der Waals surface area contributed by atoms with E-state index in [0.717, 1.165) is 18.5 Å². The maximum absolute atomic E-state index is 10.9. The van der Waals surface area contributed by atoms with E-state index in [0.29, 0.717) is 45.5 Å². The Labute approximate surface area is 196 Å². The average Bonchev–Trinajstić information content (AvgIpc) is 2.79. The van der Waals surface area contributed by atoms with Crippen molar-refractivity contribution >= 4 is 30.3 Å². The average molecular weight is 495 g/mol. The molecule has 0 aliphatic rings. The summed E-state index contributed by atoms with van der Waals surface area (Å²) in [6, 6.07) is 1.68. The summed E-state index contributed by atoms with van der Waals surface area (Å²) in [6.07, 6.45) is 3.85. The summed E-state index contributed by atoms with van der Waals surface area (Å²) in [7, 11) is 0.293. The van der Waals surface area contributed by atoms with Crippen LogP contribution in [0, 0.1) is 0 Å². The van der Waals surface area contributed by atoms with E-state index in [1.54, 1.807) is 14.2 Å². The van der Waals surface area contributed by atoms with Crippen LogP contribution in [-0.4, -0.2) is 83.4 Å². The number of methoxy groups -OCH3 is 2. The van der Waals surface area contributed by atoms with Crippen LogP contribution in [0.15, 0.2) is 25.3 Å². The van der Waals surface area contributed by atoms with Crippen LogP contribution >= 0.6 is 0 Å². The summed E-state index contributed by atoms with van der Waals surface area (Å²) in [5, 5.41) is 0. The molecule has 0 amide bonds. The van der Waals surface area contributed by atoms with Gasteiger partial charge in [0, 0.05) is 52.2 Å². The van der Waals surface area contributed by atoms with E-state index in [9.17, 15) is 9.59 Å². The number of rotatable bonds is 19. The summed E-state index contributed by atoms with van der Waals surface area (Å²) in [4.78, 5) is 21.5. The Bertz CT molecular complexity index is 483. The Kier molecular flexibility index (Phi) is 23.4. The molecule has 0 saturated heterocycles. The minimum absolute atomic E-state index is 0.0231. The van der Waals surface area contributed by atoms with Gasteiger partial charge in [-0.05, 0) is 33.6 Å². The van der Waals surface area contributed by atoms with Crippen molar-refractivity contribution in [2.75, 3.05) is 47.3 Å². The topological polar surface area (TPSA) is 98.8 Å². The van der Waals surface area contributed by atoms with Gasteiger partial charge in [0.2, 0.25) is 0 Å². The van der Waals surface area contributed by atoms with Gasteiger partial charge in [0.05, 0.1) is 22.7 Å². The molecule has 0 aliphatic carbocycles. The van der Waals surface area contributed by atoms with Crippen LogP contribution in [0.3, 0.4) is 0 Å². The summed E-state index contributed by atoms with van der Waals surface area (Å²) in [6.45, 7) is 14.8. The van der Waals surface area contributed by atoms with E-state index in [2.05, 4.69) is 13.2 Å². The molecule has 9 nitrogen and oxygen atoms in total. The number of hydrogen-bond donors (Lipinski definition) is 0. The molecule has 0 unspecified atom stereocenters. The zero-order chi connectivity index (χ0) is 24.7. The molecule has 0 aromatic rings. The van der Waals surface area contributed by atoms with Crippen LogP contribution in [-0.2, 0) is 41.8 Å². The van der Waals surface area contributed by atoms with Crippen LogP contribution in [0.2, 0.25) is 12.1 Å². The van der Waals surface area contributed by atoms with E-state index in [1.807, 2.05) is 20.8 Å². The van der Waals surface area contributed by atoms with Crippen LogP contribution in [0.1, 0.15) is 33.6 Å². The van der Waals surface area contributed by atoms with Gasteiger partial charge in [-0.25, -0.2) is 9.59 Å². The van der Waals surface area contributed by atoms with Gasteiger partial charge in [-0.15, -0.1) is 0 Å². The maximum atomic E-state index is 10.9. The Morgan fingerprint density at radius 3 is 1.66 bits per heavy atom. The molecule has 11 heteroatoms. The highest BCUT2D eigenvalue weighted by Gasteiger charge is 2.39. The SMILES string of the molecule is C=CC(=O)OCCC[SiH2]C(OC)OC.C=CC(=O)OCCC[Si](OCC)(OCC)OCC. The minimum atomic E-state index is -2.59. The third-order valence-corrected chi connectivity index (χ3v) is 9.10. The molecule has 0 spiro atoms. The molecule has 0 heterocycles. The third-order valence-electron chi connectivity index (χ3n) is 3.90. The number of ether oxygens (including phenoxy) is 4. The molecule has 188 valence electrons. The number of hydrogen-bond acceptors (Lipinski definition) is 9. The highest BCUT2D eigenvalue weighted by molar-refractivity contribution is 6.60. The van der Waals surface area contributed by atoms with Gasteiger partial charge in [-0.2, -0.15) is 0 Å². The smallest absolute Gasteiger partial charge is 0.463 e. The van der Waals surface area contributed by atoms with Gasteiger partial charge in [0.1, 0.15) is 5.91 Å². The molecular formula is C21H42O9Si2. The second-order valence-electron chi connectivity index (χ2n) is 6.23. The lowest BCUT2D eigenvalue weighted by Gasteiger charge is -2.28. The van der Waals surface area contributed by atoms with Crippen molar-refractivity contribution < 1.29 is 41.8 Å². The van der Waals surface area contributed by atoms with E-state index in [4.69, 9.17) is 32.2 Å². The standard InChI is InChI=1S/C12H24O5Si.C9H18O4Si/c1-5-12(13)14-10-9-11-18(15-6-2,16-7-3)17-8-4;1-4-8(10)13-6-5-7-14-9(11-2)12-3/h5H,1,6-11H2,2-4H3;4,9H,1,5-7,14H2,2-3H3. The minimum Gasteiger partial charge on any atom is -0.463 e. The second kappa shape index (κ2) is 22.8. The predicted octanol–water partition coefficient (Wildman–Crippen LogP) is 2.42. The first-order valence-corrected chi connectivity index (χ1v) is 14.7. The first-order valence-electron chi connectivity index (χ1n) is 10.9. The van der Waals surface area contributed by atoms with E-state index in [-0.39, 0.29) is 21.4 Å². The first-order chi connectivity index (χ1) is 15.4. The summed E-state index contributed by atoms with van der Waals surface area (Å²) in [5.41, 5.74) is 0. The molecule has 0 N–H and O–H groups in total. The molecule has 0 radical (unpaired) electrons. The monoisotopic (exact) mass is 494 g/mol. The van der Waals surface area contributed by atoms with Crippen molar-refractivity contribution in [1.29, 1.82) is 0 Å². The first kappa shape index (κ1) is 32.8. The highest BCUT2D eigenvalue weighted by Crippen LogP contribution is 2.18. The van der Waals surface area contributed by atoms with E-state index >= 15 is 0 Å². The molecule has 0 aromatic heterocycles. The second-order valence-corrected chi connectivity index (χ2v) is 10.9. The predicted molar refractivity (Wildman–Crippen MR) is 128 cm³/mol. The summed E-state index contributed by atoms with van der Waals surface area (Å²) in [5.74, 6) is -0.793. The highest BCUT2D eigenvalue weighted by atomic mass is 28.4. The van der Waals surface area contributed by atoms with Gasteiger partial charge < -0.3 is 32.2 Å². The van der Waals surface area contributed by atoms with Crippen molar-refractivity contribution in [1.82, 2.24) is 0 Å². The van der Waals surface area contributed by atoms with Gasteiger partial charge in [0.15, 0.2) is 0 Å². The van der Waals surface area contributed by atoms with Gasteiger partial charge in [0.25, 0.3) is 0 Å². The molecular weight excluding hydrogens is 452 g/mol. The Balaban J connectivity index is 0. The summed E-state index contributed by atoms with van der Waals surface area (Å²) < 4.78 is 36.9. The molecule has 0 bridgehead atoms. The van der Waals surface area contributed by atoms with Crippen molar-refractivity contribution in [2.45, 2.75) is 51.6 Å². The molecule has 0 fully saturated rings. The van der Waals surface area contributed by atoms with Crippen LogP contribution in [0.4, 0.5) is 0 Å². The lowest BCUT2D eigenvalue weighted by molar-refractivity contribution is -0.138. The van der Waals surface area contributed by atoms with Crippen molar-refractivity contribution in [3.05, 3.63) is 25.3 Å². The Morgan fingerprint density at radius 1 is 0.844 bits per heavy atom. The van der Waals surface area contributed by atoms with Gasteiger partial charge in [-0.1, -0.05) is 19.2 Å². The van der Waals surface area contributed by atoms with Gasteiger partial charge in [-0.3, -0.25) is 0 Å². The van der Waals surface area contributed by atoms with E-state index in [1.165, 1.54) is 6.08 Å². The van der Waals surface area contributed by atoms with Crippen LogP contribution in [0.25, 0.3) is 0 Å². The fourth-order valence-corrected chi connectivity index (χ4v) is 6.38. The van der Waals surface area contributed by atoms with Crippen LogP contribution < -0.4 is 0 Å². The van der Waals surface area contributed by atoms with E-state index < -0.39 is 14.8 Å². The zero-order valence-electron chi connectivity index (χ0n) is 20.4. The molecule has 0 saturated carbocycles. The zero-order valence-corrected chi connectivity index (χ0v) is 22.8. The normalized spacial score (nSPS) is 11.2. The fraction of sp³-hybridized carbons (Fsp3) is 0.714. The quantitative estimate of drug-likeness (QED) is 0.0881. The third kappa shape index (κ3) is 18.2. The van der Waals surface area contributed by atoms with Gasteiger partial charge >= 0.3 is 20.7 Å². The molecule has 0 aromatic carbocycles. The van der Waals surface area contributed by atoms with Crippen molar-refractivity contribution in [3.8, 4) is 0 Å². The maximum Gasteiger partial charge on any atom is 0.501 e. The molecule has 0 atom stereocenters. The number of carbonyl (C=O) groups is 2.